The lowest BCUT2D eigenvalue weighted by Gasteiger charge is -2.25. The van der Waals surface area contributed by atoms with Crippen LogP contribution in [0, 0.1) is 0 Å². The summed E-state index contributed by atoms with van der Waals surface area (Å²) in [7, 11) is -1.37. The van der Waals surface area contributed by atoms with Crippen LogP contribution in [0.4, 0.5) is 0 Å². The first-order chi connectivity index (χ1) is 8.05. The van der Waals surface area contributed by atoms with Gasteiger partial charge in [0.15, 0.2) is 8.32 Å². The monoisotopic (exact) mass is 260 g/mol. The van der Waals surface area contributed by atoms with Crippen LogP contribution in [0.1, 0.15) is 40.0 Å². The maximum atomic E-state index is 5.83. The molecular weight excluding hydrogens is 228 g/mol. The van der Waals surface area contributed by atoms with E-state index in [1.165, 1.54) is 25.3 Å². The lowest BCUT2D eigenvalue weighted by molar-refractivity contribution is 0.188. The van der Waals surface area contributed by atoms with E-state index < -0.39 is 8.32 Å². The second kappa shape index (κ2) is 10.1. The highest BCUT2D eigenvalue weighted by Gasteiger charge is 2.20. The molecule has 0 aliphatic heterocycles. The molecule has 0 saturated carbocycles. The molecule has 104 valence electrons. The van der Waals surface area contributed by atoms with Gasteiger partial charge in [0.1, 0.15) is 0 Å². The number of nitrogens with one attached hydrogen (secondary N) is 1. The smallest absolute Gasteiger partial charge is 0.186 e. The summed E-state index contributed by atoms with van der Waals surface area (Å²) in [5.74, 6) is 0. The topological polar surface area (TPSA) is 24.5 Å². The van der Waals surface area contributed by atoms with Gasteiger partial charge in [-0.3, -0.25) is 5.43 Å². The van der Waals surface area contributed by atoms with E-state index in [9.17, 15) is 0 Å². The molecule has 0 heterocycles. The Morgan fingerprint density at radius 2 is 1.65 bits per heavy atom. The van der Waals surface area contributed by atoms with Crippen LogP contribution in [-0.2, 0) is 4.43 Å². The third-order valence-electron chi connectivity index (χ3n) is 2.81. The van der Waals surface area contributed by atoms with E-state index in [1.54, 1.807) is 0 Å². The quantitative estimate of drug-likeness (QED) is 0.351. The summed E-state index contributed by atoms with van der Waals surface area (Å²) in [6, 6.07) is 1.25. The molecule has 0 atom stereocenters. The Morgan fingerprint density at radius 1 is 1.06 bits per heavy atom. The van der Waals surface area contributed by atoms with Crippen LogP contribution >= 0.6 is 0 Å². The van der Waals surface area contributed by atoms with Crippen LogP contribution in [-0.4, -0.2) is 39.6 Å². The summed E-state index contributed by atoms with van der Waals surface area (Å²) in [6.07, 6.45) is 3.65. The molecule has 0 bridgehead atoms. The highest BCUT2D eigenvalue weighted by atomic mass is 28.4. The Hall–Kier alpha value is 0.0969. The SMILES string of the molecule is CCCN(CCC)NCCC[Si](C)(C)OCC. The van der Waals surface area contributed by atoms with Gasteiger partial charge >= 0.3 is 0 Å². The normalized spacial score (nSPS) is 12.4. The maximum absolute atomic E-state index is 5.83. The van der Waals surface area contributed by atoms with E-state index in [1.807, 2.05) is 0 Å². The van der Waals surface area contributed by atoms with Gasteiger partial charge in [-0.15, -0.1) is 0 Å². The molecule has 0 amide bonds. The van der Waals surface area contributed by atoms with Crippen molar-refractivity contribution in [2.45, 2.75) is 59.2 Å². The largest absolute Gasteiger partial charge is 0.418 e. The minimum absolute atomic E-state index is 0.866. The van der Waals surface area contributed by atoms with Gasteiger partial charge < -0.3 is 4.43 Å². The lowest BCUT2D eigenvalue weighted by atomic mass is 10.4. The van der Waals surface area contributed by atoms with Gasteiger partial charge in [0.05, 0.1) is 0 Å². The molecule has 4 heteroatoms. The van der Waals surface area contributed by atoms with Crippen LogP contribution in [0.5, 0.6) is 0 Å². The average molecular weight is 260 g/mol. The summed E-state index contributed by atoms with van der Waals surface area (Å²) >= 11 is 0. The van der Waals surface area contributed by atoms with Crippen molar-refractivity contribution in [2.75, 3.05) is 26.2 Å². The van der Waals surface area contributed by atoms with Crippen LogP contribution < -0.4 is 5.43 Å². The molecule has 3 nitrogen and oxygen atoms in total. The number of hydrogen-bond donors (Lipinski definition) is 1. The van der Waals surface area contributed by atoms with Crippen molar-refractivity contribution < 1.29 is 4.43 Å². The van der Waals surface area contributed by atoms with Crippen molar-refractivity contribution in [2.24, 2.45) is 0 Å². The molecule has 0 saturated heterocycles. The van der Waals surface area contributed by atoms with Crippen molar-refractivity contribution >= 4 is 8.32 Å². The van der Waals surface area contributed by atoms with Gasteiger partial charge in [-0.2, -0.15) is 0 Å². The fraction of sp³-hybridized carbons (Fsp3) is 1.00. The lowest BCUT2D eigenvalue weighted by Crippen LogP contribution is -2.40. The summed E-state index contributed by atoms with van der Waals surface area (Å²) in [4.78, 5) is 0. The number of rotatable bonds is 11. The van der Waals surface area contributed by atoms with Gasteiger partial charge in [-0.05, 0) is 45.3 Å². The standard InChI is InChI=1S/C13H32N2OSi/c1-6-11-15(12-7-2)14-10-9-13-17(4,5)16-8-3/h14H,6-13H2,1-5H3. The predicted octanol–water partition coefficient (Wildman–Crippen LogP) is 3.24. The van der Waals surface area contributed by atoms with Crippen LogP contribution in [0.3, 0.4) is 0 Å². The predicted molar refractivity (Wildman–Crippen MR) is 78.7 cm³/mol. The Morgan fingerprint density at radius 3 is 2.12 bits per heavy atom. The van der Waals surface area contributed by atoms with E-state index in [2.05, 4.69) is 44.3 Å². The zero-order valence-electron chi connectivity index (χ0n) is 12.5. The molecule has 0 aromatic carbocycles. The fourth-order valence-electron chi connectivity index (χ4n) is 2.02. The Balaban J connectivity index is 3.66. The van der Waals surface area contributed by atoms with Gasteiger partial charge in [0.25, 0.3) is 0 Å². The summed E-state index contributed by atoms with van der Waals surface area (Å²) in [5, 5.41) is 2.36. The molecule has 0 aliphatic rings. The molecule has 1 N–H and O–H groups in total. The molecule has 0 aromatic heterocycles. The van der Waals surface area contributed by atoms with Crippen molar-refractivity contribution in [3.63, 3.8) is 0 Å². The Kier molecular flexibility index (Phi) is 10.1. The minimum atomic E-state index is -1.37. The van der Waals surface area contributed by atoms with Crippen LogP contribution in [0.2, 0.25) is 19.1 Å². The first-order valence-electron chi connectivity index (χ1n) is 7.18. The molecule has 0 radical (unpaired) electrons. The number of hydrogen-bond acceptors (Lipinski definition) is 3. The highest BCUT2D eigenvalue weighted by molar-refractivity contribution is 6.71. The fourth-order valence-corrected chi connectivity index (χ4v) is 3.98. The van der Waals surface area contributed by atoms with E-state index in [0.29, 0.717) is 0 Å². The molecule has 0 unspecified atom stereocenters. The first kappa shape index (κ1) is 17.1. The van der Waals surface area contributed by atoms with E-state index >= 15 is 0 Å². The van der Waals surface area contributed by atoms with Crippen LogP contribution in [0.15, 0.2) is 0 Å². The van der Waals surface area contributed by atoms with Gasteiger partial charge in [-0.25, -0.2) is 5.01 Å². The second-order valence-corrected chi connectivity index (χ2v) is 9.50. The van der Waals surface area contributed by atoms with E-state index in [-0.39, 0.29) is 0 Å². The highest BCUT2D eigenvalue weighted by Crippen LogP contribution is 2.12. The summed E-state index contributed by atoms with van der Waals surface area (Å²) < 4.78 is 5.83. The van der Waals surface area contributed by atoms with E-state index in [0.717, 1.165) is 26.2 Å². The zero-order chi connectivity index (χ0) is 13.1. The first-order valence-corrected chi connectivity index (χ1v) is 10.3. The third-order valence-corrected chi connectivity index (χ3v) is 5.44. The molecule has 0 spiro atoms. The second-order valence-electron chi connectivity index (χ2n) is 5.19. The molecule has 0 aromatic rings. The van der Waals surface area contributed by atoms with Crippen molar-refractivity contribution in [3.05, 3.63) is 0 Å². The van der Waals surface area contributed by atoms with E-state index in [4.69, 9.17) is 4.43 Å². The third kappa shape index (κ3) is 9.77. The average Bonchev–Trinajstić information content (AvgIpc) is 2.25. The van der Waals surface area contributed by atoms with Gasteiger partial charge in [0.2, 0.25) is 0 Å². The number of nitrogens with zero attached hydrogens (tertiary/aromatic N) is 1. The summed E-state index contributed by atoms with van der Waals surface area (Å²) in [6.45, 7) is 15.4. The molecule has 0 rings (SSSR count). The van der Waals surface area contributed by atoms with Crippen molar-refractivity contribution in [1.29, 1.82) is 0 Å². The van der Waals surface area contributed by atoms with Gasteiger partial charge in [-0.1, -0.05) is 13.8 Å². The number of hydrazine groups is 1. The van der Waals surface area contributed by atoms with Gasteiger partial charge in [0, 0.05) is 26.2 Å². The minimum Gasteiger partial charge on any atom is -0.418 e. The van der Waals surface area contributed by atoms with Crippen molar-refractivity contribution in [3.8, 4) is 0 Å². The Labute approximate surface area is 109 Å². The Bertz CT molecular complexity index is 171. The van der Waals surface area contributed by atoms with Crippen LogP contribution in [0.25, 0.3) is 0 Å². The molecular formula is C13H32N2OSi. The zero-order valence-corrected chi connectivity index (χ0v) is 13.5. The van der Waals surface area contributed by atoms with Crippen molar-refractivity contribution in [1.82, 2.24) is 10.4 Å². The maximum Gasteiger partial charge on any atom is 0.186 e. The molecule has 17 heavy (non-hydrogen) atoms. The summed E-state index contributed by atoms with van der Waals surface area (Å²) in [5.41, 5.74) is 3.54. The molecule has 0 aliphatic carbocycles. The molecule has 0 fully saturated rings.